The lowest BCUT2D eigenvalue weighted by molar-refractivity contribution is 0.0690. The van der Waals surface area contributed by atoms with Gasteiger partial charge in [-0.05, 0) is 36.8 Å². The second-order valence-electron chi connectivity index (χ2n) is 4.29. The summed E-state index contributed by atoms with van der Waals surface area (Å²) >= 11 is 5.82. The lowest BCUT2D eigenvalue weighted by atomic mass is 10.2. The summed E-state index contributed by atoms with van der Waals surface area (Å²) in [5, 5.41) is 9.88. The molecule has 1 N–H and O–H groups in total. The number of halogens is 1. The molecule has 0 aliphatic heterocycles. The number of para-hydroxylation sites is 1. The van der Waals surface area contributed by atoms with Crippen molar-refractivity contribution >= 4 is 17.6 Å². The van der Waals surface area contributed by atoms with Gasteiger partial charge in [-0.25, -0.2) is 4.79 Å². The fourth-order valence-electron chi connectivity index (χ4n) is 1.84. The third-order valence-electron chi connectivity index (χ3n) is 2.81. The molecular formula is C16H15ClO4. The molecule has 21 heavy (non-hydrogen) atoms. The minimum Gasteiger partial charge on any atom is -0.490 e. The number of carboxylic acid groups (broad SMARTS) is 1. The normalized spacial score (nSPS) is 10.2. The Kier molecular flexibility index (Phi) is 5.06. The molecular weight excluding hydrogens is 292 g/mol. The van der Waals surface area contributed by atoms with Crippen molar-refractivity contribution in [1.82, 2.24) is 0 Å². The van der Waals surface area contributed by atoms with Gasteiger partial charge in [0.15, 0.2) is 11.5 Å². The van der Waals surface area contributed by atoms with Crippen molar-refractivity contribution < 1.29 is 19.4 Å². The fraction of sp³-hybridized carbons (Fsp3) is 0.188. The Morgan fingerprint density at radius 1 is 1.14 bits per heavy atom. The predicted octanol–water partition coefficient (Wildman–Crippen LogP) is 4.02. The molecule has 0 aliphatic carbocycles. The third kappa shape index (κ3) is 3.89. The molecule has 0 saturated heterocycles. The molecule has 0 spiro atoms. The zero-order valence-electron chi connectivity index (χ0n) is 11.5. The largest absolute Gasteiger partial charge is 0.490 e. The number of benzene rings is 2. The van der Waals surface area contributed by atoms with Gasteiger partial charge in [0.05, 0.1) is 6.61 Å². The van der Waals surface area contributed by atoms with Gasteiger partial charge in [-0.3, -0.25) is 0 Å². The van der Waals surface area contributed by atoms with Crippen LogP contribution in [-0.4, -0.2) is 17.7 Å². The van der Waals surface area contributed by atoms with E-state index in [9.17, 15) is 9.90 Å². The monoisotopic (exact) mass is 306 g/mol. The van der Waals surface area contributed by atoms with Crippen LogP contribution in [0.5, 0.6) is 11.5 Å². The molecule has 0 atom stereocenters. The van der Waals surface area contributed by atoms with E-state index in [2.05, 4.69) is 0 Å². The Morgan fingerprint density at radius 3 is 2.48 bits per heavy atom. The molecule has 2 aromatic rings. The average molecular weight is 307 g/mol. The van der Waals surface area contributed by atoms with E-state index in [4.69, 9.17) is 21.1 Å². The number of hydrogen-bond donors (Lipinski definition) is 1. The standard InChI is InChI=1S/C16H15ClO4/c1-2-20-14-5-3-4-13(16(18)19)15(14)21-10-11-6-8-12(17)9-7-11/h3-9H,2,10H2,1H3,(H,18,19). The van der Waals surface area contributed by atoms with Gasteiger partial charge in [0.2, 0.25) is 0 Å². The third-order valence-corrected chi connectivity index (χ3v) is 3.06. The molecule has 0 heterocycles. The average Bonchev–Trinajstić information content (AvgIpc) is 2.47. The topological polar surface area (TPSA) is 55.8 Å². The van der Waals surface area contributed by atoms with Gasteiger partial charge in [-0.1, -0.05) is 29.8 Å². The van der Waals surface area contributed by atoms with Gasteiger partial charge in [-0.15, -0.1) is 0 Å². The minimum atomic E-state index is -1.05. The second-order valence-corrected chi connectivity index (χ2v) is 4.72. The highest BCUT2D eigenvalue weighted by Crippen LogP contribution is 2.32. The highest BCUT2D eigenvalue weighted by molar-refractivity contribution is 6.30. The lowest BCUT2D eigenvalue weighted by Crippen LogP contribution is -2.06. The van der Waals surface area contributed by atoms with Crippen LogP contribution in [0.15, 0.2) is 42.5 Å². The van der Waals surface area contributed by atoms with Crippen LogP contribution in [0, 0.1) is 0 Å². The van der Waals surface area contributed by atoms with Crippen LogP contribution < -0.4 is 9.47 Å². The fourth-order valence-corrected chi connectivity index (χ4v) is 1.96. The molecule has 0 bridgehead atoms. The van der Waals surface area contributed by atoms with Crippen LogP contribution in [0.2, 0.25) is 5.02 Å². The van der Waals surface area contributed by atoms with E-state index in [1.54, 1.807) is 24.3 Å². The van der Waals surface area contributed by atoms with Crippen LogP contribution in [0.1, 0.15) is 22.8 Å². The first-order valence-electron chi connectivity index (χ1n) is 6.48. The summed E-state index contributed by atoms with van der Waals surface area (Å²) in [5.74, 6) is -0.393. The van der Waals surface area contributed by atoms with Gasteiger partial charge in [-0.2, -0.15) is 0 Å². The molecule has 2 rings (SSSR count). The Bertz CT molecular complexity index is 623. The first kappa shape index (κ1) is 15.2. The molecule has 2 aromatic carbocycles. The van der Waals surface area contributed by atoms with E-state index in [-0.39, 0.29) is 17.9 Å². The minimum absolute atomic E-state index is 0.0786. The summed E-state index contributed by atoms with van der Waals surface area (Å²) in [6, 6.07) is 12.0. The van der Waals surface area contributed by atoms with E-state index in [0.29, 0.717) is 17.4 Å². The number of ether oxygens (including phenoxy) is 2. The molecule has 0 radical (unpaired) electrons. The summed E-state index contributed by atoms with van der Waals surface area (Å²) in [7, 11) is 0. The van der Waals surface area contributed by atoms with E-state index in [0.717, 1.165) is 5.56 Å². The quantitative estimate of drug-likeness (QED) is 0.876. The van der Waals surface area contributed by atoms with E-state index in [1.807, 2.05) is 19.1 Å². The van der Waals surface area contributed by atoms with Crippen molar-refractivity contribution in [3.63, 3.8) is 0 Å². The lowest BCUT2D eigenvalue weighted by Gasteiger charge is -2.14. The SMILES string of the molecule is CCOc1cccc(C(=O)O)c1OCc1ccc(Cl)cc1. The molecule has 0 aliphatic rings. The van der Waals surface area contributed by atoms with Crippen molar-refractivity contribution in [2.75, 3.05) is 6.61 Å². The second kappa shape index (κ2) is 6.99. The first-order chi connectivity index (χ1) is 10.1. The van der Waals surface area contributed by atoms with Crippen LogP contribution in [0.3, 0.4) is 0 Å². The van der Waals surface area contributed by atoms with Gasteiger partial charge in [0.1, 0.15) is 12.2 Å². The van der Waals surface area contributed by atoms with E-state index >= 15 is 0 Å². The van der Waals surface area contributed by atoms with Crippen molar-refractivity contribution in [2.45, 2.75) is 13.5 Å². The van der Waals surface area contributed by atoms with Crippen LogP contribution >= 0.6 is 11.6 Å². The molecule has 4 nitrogen and oxygen atoms in total. The summed E-state index contributed by atoms with van der Waals surface area (Å²) in [5.41, 5.74) is 0.969. The Labute approximate surface area is 127 Å². The zero-order valence-corrected chi connectivity index (χ0v) is 12.3. The van der Waals surface area contributed by atoms with Gasteiger partial charge < -0.3 is 14.6 Å². The van der Waals surface area contributed by atoms with E-state index in [1.165, 1.54) is 6.07 Å². The summed E-state index contributed by atoms with van der Waals surface area (Å²) in [4.78, 5) is 11.3. The number of hydrogen-bond acceptors (Lipinski definition) is 3. The molecule has 110 valence electrons. The smallest absolute Gasteiger partial charge is 0.339 e. The molecule has 0 fully saturated rings. The number of aromatic carboxylic acids is 1. The Balaban J connectivity index is 2.24. The Morgan fingerprint density at radius 2 is 1.86 bits per heavy atom. The molecule has 0 amide bonds. The van der Waals surface area contributed by atoms with Crippen molar-refractivity contribution in [3.05, 3.63) is 58.6 Å². The van der Waals surface area contributed by atoms with Crippen molar-refractivity contribution in [1.29, 1.82) is 0 Å². The van der Waals surface area contributed by atoms with Gasteiger partial charge in [0.25, 0.3) is 0 Å². The maximum absolute atomic E-state index is 11.3. The number of rotatable bonds is 6. The molecule has 0 saturated carbocycles. The van der Waals surface area contributed by atoms with Crippen molar-refractivity contribution in [2.24, 2.45) is 0 Å². The van der Waals surface area contributed by atoms with Crippen molar-refractivity contribution in [3.8, 4) is 11.5 Å². The van der Waals surface area contributed by atoms with Gasteiger partial charge >= 0.3 is 5.97 Å². The summed E-state index contributed by atoms with van der Waals surface area (Å²) < 4.78 is 11.1. The van der Waals surface area contributed by atoms with Crippen LogP contribution in [-0.2, 0) is 6.61 Å². The molecule has 0 aromatic heterocycles. The summed E-state index contributed by atoms with van der Waals surface area (Å²) in [6.45, 7) is 2.50. The maximum Gasteiger partial charge on any atom is 0.339 e. The zero-order chi connectivity index (χ0) is 15.2. The van der Waals surface area contributed by atoms with Crippen LogP contribution in [0.25, 0.3) is 0 Å². The van der Waals surface area contributed by atoms with Crippen LogP contribution in [0.4, 0.5) is 0 Å². The highest BCUT2D eigenvalue weighted by atomic mass is 35.5. The van der Waals surface area contributed by atoms with Gasteiger partial charge in [0, 0.05) is 5.02 Å². The first-order valence-corrected chi connectivity index (χ1v) is 6.86. The predicted molar refractivity (Wildman–Crippen MR) is 80.4 cm³/mol. The number of carbonyl (C=O) groups is 1. The highest BCUT2D eigenvalue weighted by Gasteiger charge is 2.16. The summed E-state index contributed by atoms with van der Waals surface area (Å²) in [6.07, 6.45) is 0. The number of carboxylic acids is 1. The molecule has 0 unspecified atom stereocenters. The maximum atomic E-state index is 11.3. The van der Waals surface area contributed by atoms with E-state index < -0.39 is 5.97 Å². The Hall–Kier alpha value is -2.20. The molecule has 5 heteroatoms.